The first-order valence-corrected chi connectivity index (χ1v) is 7.41. The summed E-state index contributed by atoms with van der Waals surface area (Å²) < 4.78 is 0. The lowest BCUT2D eigenvalue weighted by atomic mass is 9.96. The SMILES string of the molecule is CC(=O)C1=C(O)C(=O)N(CCCC(=O)[O-])[C@@H]1c1ccc(Cl)cc1. The van der Waals surface area contributed by atoms with Crippen LogP contribution in [0.3, 0.4) is 0 Å². The molecule has 0 fully saturated rings. The lowest BCUT2D eigenvalue weighted by Crippen LogP contribution is -2.33. The van der Waals surface area contributed by atoms with E-state index in [0.29, 0.717) is 10.6 Å². The van der Waals surface area contributed by atoms with E-state index in [-0.39, 0.29) is 25.0 Å². The minimum atomic E-state index is -1.22. The monoisotopic (exact) mass is 336 g/mol. The lowest BCUT2D eigenvalue weighted by molar-refractivity contribution is -0.305. The second-order valence-electron chi connectivity index (χ2n) is 5.25. The van der Waals surface area contributed by atoms with Gasteiger partial charge < -0.3 is 19.9 Å². The third kappa shape index (κ3) is 3.53. The molecule has 1 aliphatic heterocycles. The minimum Gasteiger partial charge on any atom is -0.550 e. The van der Waals surface area contributed by atoms with E-state index in [0.717, 1.165) is 0 Å². The van der Waals surface area contributed by atoms with Gasteiger partial charge in [-0.3, -0.25) is 9.59 Å². The maximum absolute atomic E-state index is 12.2. The summed E-state index contributed by atoms with van der Waals surface area (Å²) in [5.41, 5.74) is 0.622. The van der Waals surface area contributed by atoms with E-state index >= 15 is 0 Å². The molecule has 1 heterocycles. The highest BCUT2D eigenvalue weighted by Crippen LogP contribution is 2.38. The van der Waals surface area contributed by atoms with Crippen LogP contribution in [0.2, 0.25) is 5.02 Å². The van der Waals surface area contributed by atoms with Gasteiger partial charge in [-0.1, -0.05) is 23.7 Å². The van der Waals surface area contributed by atoms with E-state index in [2.05, 4.69) is 0 Å². The zero-order valence-corrected chi connectivity index (χ0v) is 13.2. The van der Waals surface area contributed by atoms with Gasteiger partial charge in [-0.2, -0.15) is 0 Å². The Kier molecular flexibility index (Phi) is 5.05. The number of benzene rings is 1. The zero-order valence-electron chi connectivity index (χ0n) is 12.4. The molecule has 1 N–H and O–H groups in total. The highest BCUT2D eigenvalue weighted by Gasteiger charge is 2.41. The number of Topliss-reactive ketones (excluding diaryl/α,β-unsaturated/α-hetero) is 1. The molecule has 122 valence electrons. The van der Waals surface area contributed by atoms with Crippen LogP contribution in [0.5, 0.6) is 0 Å². The topological polar surface area (TPSA) is 97.7 Å². The fraction of sp³-hybridized carbons (Fsp3) is 0.312. The molecular weight excluding hydrogens is 322 g/mol. The molecule has 2 rings (SSSR count). The Balaban J connectivity index is 2.36. The van der Waals surface area contributed by atoms with Gasteiger partial charge >= 0.3 is 0 Å². The Morgan fingerprint density at radius 2 is 1.91 bits per heavy atom. The van der Waals surface area contributed by atoms with Crippen LogP contribution in [-0.2, 0) is 14.4 Å². The van der Waals surface area contributed by atoms with Gasteiger partial charge in [0.2, 0.25) is 0 Å². The summed E-state index contributed by atoms with van der Waals surface area (Å²) in [4.78, 5) is 35.9. The standard InChI is InChI=1S/C16H16ClNO5/c1-9(19)13-14(10-4-6-11(17)7-5-10)18(16(23)15(13)22)8-2-3-12(20)21/h4-7,14,22H,2-3,8H2,1H3,(H,20,21)/p-1/t14-/m1/s1. The molecule has 0 bridgehead atoms. The second kappa shape index (κ2) is 6.83. The number of hydrogen-bond acceptors (Lipinski definition) is 5. The average molecular weight is 337 g/mol. The van der Waals surface area contributed by atoms with Crippen molar-refractivity contribution in [2.24, 2.45) is 0 Å². The number of aliphatic hydroxyl groups is 1. The third-order valence-corrected chi connectivity index (χ3v) is 3.90. The summed E-state index contributed by atoms with van der Waals surface area (Å²) in [5.74, 6) is -2.92. The Morgan fingerprint density at radius 1 is 1.30 bits per heavy atom. The summed E-state index contributed by atoms with van der Waals surface area (Å²) in [7, 11) is 0. The average Bonchev–Trinajstić information content (AvgIpc) is 2.72. The van der Waals surface area contributed by atoms with E-state index in [1.807, 2.05) is 0 Å². The number of aliphatic carboxylic acids is 1. The van der Waals surface area contributed by atoms with Gasteiger partial charge in [-0.05, 0) is 37.5 Å². The smallest absolute Gasteiger partial charge is 0.290 e. The number of halogens is 1. The van der Waals surface area contributed by atoms with Gasteiger partial charge in [0.05, 0.1) is 11.6 Å². The number of aliphatic hydroxyl groups excluding tert-OH is 1. The first kappa shape index (κ1) is 17.0. The molecule has 23 heavy (non-hydrogen) atoms. The van der Waals surface area contributed by atoms with Crippen LogP contribution in [0, 0.1) is 0 Å². The Bertz CT molecular complexity index is 680. The van der Waals surface area contributed by atoms with Crippen LogP contribution >= 0.6 is 11.6 Å². The summed E-state index contributed by atoms with van der Waals surface area (Å²) >= 11 is 5.85. The Morgan fingerprint density at radius 3 is 2.43 bits per heavy atom. The highest BCUT2D eigenvalue weighted by atomic mass is 35.5. The van der Waals surface area contributed by atoms with Crippen molar-refractivity contribution in [1.82, 2.24) is 4.90 Å². The van der Waals surface area contributed by atoms with Gasteiger partial charge in [0.1, 0.15) is 0 Å². The number of rotatable bonds is 6. The summed E-state index contributed by atoms with van der Waals surface area (Å²) in [5, 5.41) is 21.0. The summed E-state index contributed by atoms with van der Waals surface area (Å²) in [6.07, 6.45) is -0.0517. The van der Waals surface area contributed by atoms with E-state index < -0.39 is 29.5 Å². The number of carboxylic acid groups (broad SMARTS) is 1. The van der Waals surface area contributed by atoms with Gasteiger partial charge in [-0.15, -0.1) is 0 Å². The maximum Gasteiger partial charge on any atom is 0.290 e. The fourth-order valence-electron chi connectivity index (χ4n) is 2.63. The molecule has 0 saturated heterocycles. The number of carbonyl (C=O) groups is 3. The minimum absolute atomic E-state index is 0.00534. The largest absolute Gasteiger partial charge is 0.550 e. The van der Waals surface area contributed by atoms with Crippen LogP contribution in [0.4, 0.5) is 0 Å². The number of nitrogens with zero attached hydrogens (tertiary/aromatic N) is 1. The van der Waals surface area contributed by atoms with Crippen molar-refractivity contribution in [3.05, 3.63) is 46.2 Å². The number of carboxylic acids is 1. The van der Waals surface area contributed by atoms with Gasteiger partial charge in [-0.25, -0.2) is 0 Å². The van der Waals surface area contributed by atoms with E-state index in [4.69, 9.17) is 11.6 Å². The highest BCUT2D eigenvalue weighted by molar-refractivity contribution is 6.30. The van der Waals surface area contributed by atoms with Crippen molar-refractivity contribution in [3.63, 3.8) is 0 Å². The van der Waals surface area contributed by atoms with E-state index in [1.165, 1.54) is 11.8 Å². The molecule has 6 nitrogen and oxygen atoms in total. The van der Waals surface area contributed by atoms with Crippen molar-refractivity contribution < 1.29 is 24.6 Å². The molecular formula is C16H15ClNO5-. The molecule has 7 heteroatoms. The molecule has 0 aromatic heterocycles. The van der Waals surface area contributed by atoms with E-state index in [9.17, 15) is 24.6 Å². The number of hydrogen-bond donors (Lipinski definition) is 1. The lowest BCUT2D eigenvalue weighted by Gasteiger charge is -2.26. The first-order valence-electron chi connectivity index (χ1n) is 7.03. The second-order valence-corrected chi connectivity index (χ2v) is 5.68. The van der Waals surface area contributed by atoms with Crippen LogP contribution in [0.15, 0.2) is 35.6 Å². The zero-order chi connectivity index (χ0) is 17.1. The van der Waals surface area contributed by atoms with Crippen LogP contribution in [0.1, 0.15) is 31.4 Å². The predicted octanol–water partition coefficient (Wildman–Crippen LogP) is 1.15. The molecule has 0 aliphatic carbocycles. The van der Waals surface area contributed by atoms with Gasteiger partial charge in [0, 0.05) is 17.5 Å². The van der Waals surface area contributed by atoms with Crippen molar-refractivity contribution >= 4 is 29.3 Å². The fourth-order valence-corrected chi connectivity index (χ4v) is 2.76. The Labute approximate surface area is 138 Å². The Hall–Kier alpha value is -2.34. The summed E-state index contributed by atoms with van der Waals surface area (Å²) in [6, 6.07) is 5.81. The normalized spacial score (nSPS) is 17.7. The molecule has 1 aliphatic rings. The molecule has 0 unspecified atom stereocenters. The maximum atomic E-state index is 12.2. The molecule has 1 amide bonds. The van der Waals surface area contributed by atoms with Crippen LogP contribution in [-0.4, -0.2) is 34.2 Å². The molecule has 1 aromatic rings. The predicted molar refractivity (Wildman–Crippen MR) is 80.5 cm³/mol. The van der Waals surface area contributed by atoms with Crippen molar-refractivity contribution in [2.75, 3.05) is 6.54 Å². The third-order valence-electron chi connectivity index (χ3n) is 3.65. The molecule has 0 saturated carbocycles. The quantitative estimate of drug-likeness (QED) is 0.840. The van der Waals surface area contributed by atoms with Crippen LogP contribution in [0.25, 0.3) is 0 Å². The molecule has 1 atom stereocenters. The molecule has 0 spiro atoms. The van der Waals surface area contributed by atoms with Gasteiger partial charge in [0.25, 0.3) is 5.91 Å². The number of carbonyl (C=O) groups excluding carboxylic acids is 3. The molecule has 1 aromatic carbocycles. The van der Waals surface area contributed by atoms with Crippen molar-refractivity contribution in [1.29, 1.82) is 0 Å². The van der Waals surface area contributed by atoms with Crippen molar-refractivity contribution in [3.8, 4) is 0 Å². The van der Waals surface area contributed by atoms with Crippen molar-refractivity contribution in [2.45, 2.75) is 25.8 Å². The first-order chi connectivity index (χ1) is 10.8. The van der Waals surface area contributed by atoms with Crippen LogP contribution < -0.4 is 5.11 Å². The van der Waals surface area contributed by atoms with Gasteiger partial charge in [0.15, 0.2) is 11.5 Å². The summed E-state index contributed by atoms with van der Waals surface area (Å²) in [6.45, 7) is 1.35. The number of ketones is 1. The molecule has 0 radical (unpaired) electrons. The van der Waals surface area contributed by atoms with E-state index in [1.54, 1.807) is 24.3 Å². The number of amides is 1.